The standard InChI is InChI=1S/C20H25N3O4S2/c1-5-12-10(3)21-20(23-17(12)25)28-11(4)16(24)22-18-15(19(26)27-6-2)13-8-7-9-14(13)29-18/h11H,5-9H2,1-4H3,(H,22,24)(H,21,23,25). The van der Waals surface area contributed by atoms with Crippen LogP contribution in [0.3, 0.4) is 0 Å². The maximum atomic E-state index is 12.8. The molecule has 1 amide bonds. The minimum Gasteiger partial charge on any atom is -0.462 e. The third-order valence-electron chi connectivity index (χ3n) is 4.85. The van der Waals surface area contributed by atoms with Crippen LogP contribution in [0.4, 0.5) is 5.00 Å². The van der Waals surface area contributed by atoms with Gasteiger partial charge in [-0.25, -0.2) is 9.78 Å². The van der Waals surface area contributed by atoms with Crippen LogP contribution < -0.4 is 10.9 Å². The number of amides is 1. The molecule has 0 aromatic carbocycles. The maximum Gasteiger partial charge on any atom is 0.341 e. The fourth-order valence-electron chi connectivity index (χ4n) is 3.40. The van der Waals surface area contributed by atoms with Crippen LogP contribution in [0.1, 0.15) is 59.2 Å². The molecule has 29 heavy (non-hydrogen) atoms. The van der Waals surface area contributed by atoms with E-state index >= 15 is 0 Å². The fraction of sp³-hybridized carbons (Fsp3) is 0.500. The number of ether oxygens (including phenoxy) is 1. The molecular weight excluding hydrogens is 410 g/mol. The highest BCUT2D eigenvalue weighted by molar-refractivity contribution is 8.00. The van der Waals surface area contributed by atoms with Crippen molar-refractivity contribution in [3.05, 3.63) is 37.6 Å². The molecule has 1 aliphatic carbocycles. The second-order valence-electron chi connectivity index (χ2n) is 6.82. The molecule has 2 N–H and O–H groups in total. The first-order valence-corrected chi connectivity index (χ1v) is 11.4. The number of hydrogen-bond donors (Lipinski definition) is 2. The third kappa shape index (κ3) is 4.56. The molecule has 0 fully saturated rings. The second kappa shape index (κ2) is 9.13. The van der Waals surface area contributed by atoms with Gasteiger partial charge in [0.1, 0.15) is 5.00 Å². The molecule has 2 heterocycles. The lowest BCUT2D eigenvalue weighted by atomic mass is 10.1. The molecule has 0 spiro atoms. The predicted molar refractivity (Wildman–Crippen MR) is 115 cm³/mol. The van der Waals surface area contributed by atoms with Gasteiger partial charge in [-0.15, -0.1) is 11.3 Å². The molecule has 3 rings (SSSR count). The molecule has 7 nitrogen and oxygen atoms in total. The average Bonchev–Trinajstić information content (AvgIpc) is 3.22. The number of carbonyl (C=O) groups is 2. The Bertz CT molecular complexity index is 996. The highest BCUT2D eigenvalue weighted by Crippen LogP contribution is 2.39. The number of carbonyl (C=O) groups excluding carboxylic acids is 2. The summed E-state index contributed by atoms with van der Waals surface area (Å²) in [6.07, 6.45) is 3.37. The zero-order chi connectivity index (χ0) is 21.1. The van der Waals surface area contributed by atoms with Gasteiger partial charge in [0, 0.05) is 16.1 Å². The summed E-state index contributed by atoms with van der Waals surface area (Å²) in [6, 6.07) is 0. The van der Waals surface area contributed by atoms with Crippen LogP contribution in [0.2, 0.25) is 0 Å². The van der Waals surface area contributed by atoms with Crippen molar-refractivity contribution in [2.75, 3.05) is 11.9 Å². The van der Waals surface area contributed by atoms with E-state index in [9.17, 15) is 14.4 Å². The van der Waals surface area contributed by atoms with Crippen LogP contribution in [0.15, 0.2) is 9.95 Å². The Morgan fingerprint density at radius 3 is 2.76 bits per heavy atom. The van der Waals surface area contributed by atoms with Gasteiger partial charge in [0.25, 0.3) is 5.56 Å². The Kier molecular flexibility index (Phi) is 6.79. The molecular formula is C20H25N3O4S2. The van der Waals surface area contributed by atoms with Gasteiger partial charge in [0.2, 0.25) is 5.91 Å². The van der Waals surface area contributed by atoms with Crippen LogP contribution in [0.25, 0.3) is 0 Å². The van der Waals surface area contributed by atoms with Crippen molar-refractivity contribution in [3.63, 3.8) is 0 Å². The summed E-state index contributed by atoms with van der Waals surface area (Å²) in [5.41, 5.74) is 2.64. The lowest BCUT2D eigenvalue weighted by molar-refractivity contribution is -0.115. The summed E-state index contributed by atoms with van der Waals surface area (Å²) in [5.74, 6) is -0.639. The van der Waals surface area contributed by atoms with E-state index in [1.54, 1.807) is 20.8 Å². The van der Waals surface area contributed by atoms with E-state index in [0.29, 0.717) is 33.4 Å². The van der Waals surface area contributed by atoms with Gasteiger partial charge in [0.05, 0.1) is 17.4 Å². The molecule has 0 bridgehead atoms. The van der Waals surface area contributed by atoms with Gasteiger partial charge in [-0.2, -0.15) is 0 Å². The Morgan fingerprint density at radius 2 is 2.10 bits per heavy atom. The zero-order valence-electron chi connectivity index (χ0n) is 17.0. The summed E-state index contributed by atoms with van der Waals surface area (Å²) in [7, 11) is 0. The number of aromatic nitrogens is 2. The number of esters is 1. The third-order valence-corrected chi connectivity index (χ3v) is 7.04. The minimum absolute atomic E-state index is 0.172. The number of thioether (sulfide) groups is 1. The number of fused-ring (bicyclic) bond motifs is 1. The van der Waals surface area contributed by atoms with E-state index in [-0.39, 0.29) is 24.0 Å². The van der Waals surface area contributed by atoms with Crippen LogP contribution >= 0.6 is 23.1 Å². The van der Waals surface area contributed by atoms with Crippen molar-refractivity contribution < 1.29 is 14.3 Å². The van der Waals surface area contributed by atoms with Crippen molar-refractivity contribution in [1.29, 1.82) is 0 Å². The van der Waals surface area contributed by atoms with Crippen molar-refractivity contribution in [2.24, 2.45) is 0 Å². The molecule has 0 aliphatic heterocycles. The van der Waals surface area contributed by atoms with Crippen LogP contribution in [0.5, 0.6) is 0 Å². The van der Waals surface area contributed by atoms with Crippen molar-refractivity contribution in [2.45, 2.75) is 63.8 Å². The monoisotopic (exact) mass is 435 g/mol. The molecule has 0 saturated heterocycles. The van der Waals surface area contributed by atoms with Gasteiger partial charge in [-0.1, -0.05) is 18.7 Å². The first kappa shape index (κ1) is 21.6. The van der Waals surface area contributed by atoms with Crippen molar-refractivity contribution >= 4 is 40.0 Å². The lowest BCUT2D eigenvalue weighted by Crippen LogP contribution is -2.24. The molecule has 1 atom stereocenters. The number of hydrogen-bond acceptors (Lipinski definition) is 7. The topological polar surface area (TPSA) is 101 Å². The number of nitrogens with zero attached hydrogens (tertiary/aromatic N) is 1. The van der Waals surface area contributed by atoms with E-state index in [1.165, 1.54) is 23.1 Å². The van der Waals surface area contributed by atoms with Gasteiger partial charge in [-0.3, -0.25) is 9.59 Å². The number of H-pyrrole nitrogens is 1. The Balaban J connectivity index is 1.77. The van der Waals surface area contributed by atoms with Crippen LogP contribution in [0, 0.1) is 6.92 Å². The normalized spacial score (nSPS) is 13.8. The molecule has 2 aromatic heterocycles. The number of aryl methyl sites for hydroxylation is 2. The molecule has 9 heteroatoms. The van der Waals surface area contributed by atoms with Gasteiger partial charge in [-0.05, 0) is 52.0 Å². The van der Waals surface area contributed by atoms with Crippen molar-refractivity contribution in [3.8, 4) is 0 Å². The summed E-state index contributed by atoms with van der Waals surface area (Å²) < 4.78 is 5.20. The molecule has 2 aromatic rings. The Hall–Kier alpha value is -2.13. The van der Waals surface area contributed by atoms with E-state index < -0.39 is 5.25 Å². The largest absolute Gasteiger partial charge is 0.462 e. The quantitative estimate of drug-likeness (QED) is 0.392. The Morgan fingerprint density at radius 1 is 1.34 bits per heavy atom. The highest BCUT2D eigenvalue weighted by Gasteiger charge is 2.29. The van der Waals surface area contributed by atoms with E-state index in [2.05, 4.69) is 15.3 Å². The predicted octanol–water partition coefficient (Wildman–Crippen LogP) is 3.49. The van der Waals surface area contributed by atoms with Gasteiger partial charge < -0.3 is 15.0 Å². The number of anilines is 1. The summed E-state index contributed by atoms with van der Waals surface area (Å²) in [6.45, 7) is 7.49. The molecule has 156 valence electrons. The number of thiophene rings is 1. The minimum atomic E-state index is -0.503. The smallest absolute Gasteiger partial charge is 0.341 e. The fourth-order valence-corrected chi connectivity index (χ4v) is 5.53. The maximum absolute atomic E-state index is 12.8. The highest BCUT2D eigenvalue weighted by atomic mass is 32.2. The Labute approximate surface area is 177 Å². The molecule has 1 aliphatic rings. The lowest BCUT2D eigenvalue weighted by Gasteiger charge is -2.13. The van der Waals surface area contributed by atoms with Gasteiger partial charge in [0.15, 0.2) is 5.16 Å². The number of nitrogens with one attached hydrogen (secondary N) is 2. The van der Waals surface area contributed by atoms with Crippen LogP contribution in [-0.4, -0.2) is 33.7 Å². The number of rotatable bonds is 7. The average molecular weight is 436 g/mol. The summed E-state index contributed by atoms with van der Waals surface area (Å²) in [5, 5.41) is 3.34. The second-order valence-corrected chi connectivity index (χ2v) is 9.25. The molecule has 0 radical (unpaired) electrons. The summed E-state index contributed by atoms with van der Waals surface area (Å²) >= 11 is 2.63. The molecule has 0 saturated carbocycles. The summed E-state index contributed by atoms with van der Waals surface area (Å²) in [4.78, 5) is 45.6. The van der Waals surface area contributed by atoms with Crippen LogP contribution in [-0.2, 0) is 28.8 Å². The first-order chi connectivity index (χ1) is 13.8. The SMILES string of the molecule is CCOC(=O)c1c(NC(=O)C(C)Sc2nc(C)c(CC)c(=O)[nH]2)sc2c1CCC2. The van der Waals surface area contributed by atoms with E-state index in [4.69, 9.17) is 4.74 Å². The zero-order valence-corrected chi connectivity index (χ0v) is 18.6. The number of aromatic amines is 1. The first-order valence-electron chi connectivity index (χ1n) is 9.74. The molecule has 1 unspecified atom stereocenters. The van der Waals surface area contributed by atoms with E-state index in [0.717, 1.165) is 29.7 Å². The van der Waals surface area contributed by atoms with Crippen molar-refractivity contribution in [1.82, 2.24) is 9.97 Å². The van der Waals surface area contributed by atoms with E-state index in [1.807, 2.05) is 6.92 Å². The van der Waals surface area contributed by atoms with Gasteiger partial charge >= 0.3 is 5.97 Å².